The number of nitrogens with zero attached hydrogens (tertiary/aromatic N) is 3. The predicted octanol–water partition coefficient (Wildman–Crippen LogP) is 5.68. The Morgan fingerprint density at radius 2 is 1.83 bits per heavy atom. The van der Waals surface area contributed by atoms with Crippen LogP contribution in [-0.4, -0.2) is 45.7 Å². The van der Waals surface area contributed by atoms with Crippen LogP contribution in [0.3, 0.4) is 0 Å². The van der Waals surface area contributed by atoms with Gasteiger partial charge in [-0.3, -0.25) is 14.5 Å². The predicted molar refractivity (Wildman–Crippen MR) is 131 cm³/mol. The van der Waals surface area contributed by atoms with Crippen LogP contribution in [0.5, 0.6) is 11.6 Å². The van der Waals surface area contributed by atoms with Crippen LogP contribution in [0.15, 0.2) is 77.8 Å². The molecule has 0 spiro atoms. The van der Waals surface area contributed by atoms with E-state index in [4.69, 9.17) is 4.74 Å². The minimum Gasteiger partial charge on any atom is -0.439 e. The molecule has 10 heteroatoms. The number of halogens is 3. The Morgan fingerprint density at radius 3 is 2.47 bits per heavy atom. The van der Waals surface area contributed by atoms with E-state index < -0.39 is 22.9 Å². The molecule has 1 saturated heterocycles. The number of aromatic nitrogens is 1. The third-order valence-corrected chi connectivity index (χ3v) is 6.78. The summed E-state index contributed by atoms with van der Waals surface area (Å²) in [4.78, 5) is 32.3. The third kappa shape index (κ3) is 5.88. The van der Waals surface area contributed by atoms with Gasteiger partial charge in [-0.25, -0.2) is 4.98 Å². The number of aldehydes is 1. The summed E-state index contributed by atoms with van der Waals surface area (Å²) < 4.78 is 44.0. The Balaban J connectivity index is 1.57. The summed E-state index contributed by atoms with van der Waals surface area (Å²) in [6, 6.07) is 17.9. The number of anilines is 1. The summed E-state index contributed by atoms with van der Waals surface area (Å²) in [5.41, 5.74) is -3.70. The molecular formula is C26H24F3N3O3S. The van der Waals surface area contributed by atoms with E-state index in [0.717, 1.165) is 5.56 Å². The summed E-state index contributed by atoms with van der Waals surface area (Å²) in [5, 5.41) is 0. The van der Waals surface area contributed by atoms with Gasteiger partial charge in [-0.05, 0) is 73.6 Å². The van der Waals surface area contributed by atoms with Crippen LogP contribution in [0.1, 0.15) is 19.4 Å². The lowest BCUT2D eigenvalue weighted by Gasteiger charge is -2.34. The third-order valence-electron chi connectivity index (χ3n) is 6.04. The average molecular weight is 516 g/mol. The molecule has 2 aromatic carbocycles. The van der Waals surface area contributed by atoms with Crippen molar-refractivity contribution in [3.05, 3.63) is 78.5 Å². The molecule has 3 aromatic rings. The molecule has 1 atom stereocenters. The van der Waals surface area contributed by atoms with Gasteiger partial charge in [-0.2, -0.15) is 13.2 Å². The van der Waals surface area contributed by atoms with Crippen molar-refractivity contribution in [1.82, 2.24) is 9.88 Å². The first kappa shape index (κ1) is 25.7. The molecule has 1 fully saturated rings. The molecular weight excluding hydrogens is 491 g/mol. The zero-order valence-corrected chi connectivity index (χ0v) is 20.4. The van der Waals surface area contributed by atoms with E-state index in [1.165, 1.54) is 24.3 Å². The standard InChI is InChI=1S/C26H24F3N3O3S/c1-25(2)24(22(34)16-33)32(19-8-10-21(11-9-19)36-26(27,28)29)17-31(25)15-18-12-13-30-23(14-18)35-20-6-4-3-5-7-20/h3-14,16,24H,15,17H2,1-2H3. The second-order valence-electron chi connectivity index (χ2n) is 8.84. The van der Waals surface area contributed by atoms with E-state index in [2.05, 4.69) is 4.98 Å². The van der Waals surface area contributed by atoms with Gasteiger partial charge in [0.05, 0.1) is 6.67 Å². The largest absolute Gasteiger partial charge is 0.446 e. The molecule has 2 heterocycles. The van der Waals surface area contributed by atoms with Crippen LogP contribution < -0.4 is 9.64 Å². The maximum Gasteiger partial charge on any atom is 0.446 e. The highest BCUT2D eigenvalue weighted by Crippen LogP contribution is 2.40. The average Bonchev–Trinajstić information content (AvgIpc) is 3.09. The van der Waals surface area contributed by atoms with Crippen LogP contribution in [0, 0.1) is 0 Å². The Bertz CT molecular complexity index is 1220. The molecule has 188 valence electrons. The molecule has 1 aromatic heterocycles. The lowest BCUT2D eigenvalue weighted by Crippen LogP contribution is -2.51. The molecule has 36 heavy (non-hydrogen) atoms. The summed E-state index contributed by atoms with van der Waals surface area (Å²) in [6.07, 6.45) is 1.94. The zero-order chi connectivity index (χ0) is 25.9. The SMILES string of the molecule is CC1(C)C(C(=O)C=O)N(c2ccc(SC(F)(F)F)cc2)CN1Cc1ccnc(Oc2ccccc2)c1. The van der Waals surface area contributed by atoms with Gasteiger partial charge in [0, 0.05) is 34.9 Å². The molecule has 0 saturated carbocycles. The minimum atomic E-state index is -4.39. The smallest absolute Gasteiger partial charge is 0.439 e. The number of ether oxygens (including phenoxy) is 1. The summed E-state index contributed by atoms with van der Waals surface area (Å²) in [7, 11) is 0. The molecule has 1 aliphatic rings. The van der Waals surface area contributed by atoms with Gasteiger partial charge < -0.3 is 9.64 Å². The number of para-hydroxylation sites is 1. The highest BCUT2D eigenvalue weighted by Gasteiger charge is 2.50. The van der Waals surface area contributed by atoms with E-state index in [9.17, 15) is 22.8 Å². The van der Waals surface area contributed by atoms with Crippen molar-refractivity contribution in [3.8, 4) is 11.6 Å². The second-order valence-corrected chi connectivity index (χ2v) is 9.98. The maximum atomic E-state index is 12.7. The lowest BCUT2D eigenvalue weighted by atomic mass is 9.90. The van der Waals surface area contributed by atoms with Crippen molar-refractivity contribution in [1.29, 1.82) is 0 Å². The molecule has 4 rings (SSSR count). The highest BCUT2D eigenvalue weighted by molar-refractivity contribution is 8.00. The van der Waals surface area contributed by atoms with Crippen LogP contribution >= 0.6 is 11.8 Å². The van der Waals surface area contributed by atoms with E-state index >= 15 is 0 Å². The second kappa shape index (κ2) is 10.3. The Morgan fingerprint density at radius 1 is 1.14 bits per heavy atom. The van der Waals surface area contributed by atoms with Gasteiger partial charge in [0.1, 0.15) is 11.8 Å². The number of carbonyl (C=O) groups excluding carboxylic acids is 2. The van der Waals surface area contributed by atoms with Gasteiger partial charge in [0.2, 0.25) is 11.7 Å². The molecule has 1 aliphatic heterocycles. The molecule has 0 aliphatic carbocycles. The number of carbonyl (C=O) groups is 2. The van der Waals surface area contributed by atoms with Gasteiger partial charge in [0.25, 0.3) is 0 Å². The molecule has 0 N–H and O–H groups in total. The summed E-state index contributed by atoms with van der Waals surface area (Å²) >= 11 is -0.202. The molecule has 0 radical (unpaired) electrons. The van der Waals surface area contributed by atoms with E-state index in [0.29, 0.717) is 36.8 Å². The topological polar surface area (TPSA) is 62.7 Å². The number of hydrogen-bond donors (Lipinski definition) is 0. The number of Topliss-reactive ketones (excluding diaryl/α,β-unsaturated/α-hetero) is 1. The minimum absolute atomic E-state index is 0.0440. The molecule has 6 nitrogen and oxygen atoms in total. The first-order chi connectivity index (χ1) is 17.1. The number of ketones is 1. The van der Waals surface area contributed by atoms with Crippen LogP contribution in [0.2, 0.25) is 0 Å². The van der Waals surface area contributed by atoms with Crippen molar-refractivity contribution in [2.75, 3.05) is 11.6 Å². The molecule has 0 amide bonds. The quantitative estimate of drug-likeness (QED) is 0.217. The summed E-state index contributed by atoms with van der Waals surface area (Å²) in [5.74, 6) is 0.475. The normalized spacial score (nSPS) is 17.7. The summed E-state index contributed by atoms with van der Waals surface area (Å²) in [6.45, 7) is 4.47. The Hall–Kier alpha value is -3.37. The van der Waals surface area contributed by atoms with E-state index in [-0.39, 0.29) is 16.7 Å². The van der Waals surface area contributed by atoms with Crippen molar-refractivity contribution in [3.63, 3.8) is 0 Å². The van der Waals surface area contributed by atoms with Crippen molar-refractivity contribution >= 4 is 29.5 Å². The van der Waals surface area contributed by atoms with Crippen LogP contribution in [-0.2, 0) is 16.1 Å². The fraction of sp³-hybridized carbons (Fsp3) is 0.269. The van der Waals surface area contributed by atoms with Crippen molar-refractivity contribution in [2.24, 2.45) is 0 Å². The van der Waals surface area contributed by atoms with Crippen molar-refractivity contribution in [2.45, 2.75) is 42.4 Å². The van der Waals surface area contributed by atoms with E-state index in [1.807, 2.05) is 61.2 Å². The maximum absolute atomic E-state index is 12.7. The van der Waals surface area contributed by atoms with Crippen molar-refractivity contribution < 1.29 is 27.5 Å². The van der Waals surface area contributed by atoms with Crippen LogP contribution in [0.4, 0.5) is 18.9 Å². The van der Waals surface area contributed by atoms with Gasteiger partial charge >= 0.3 is 5.51 Å². The first-order valence-corrected chi connectivity index (χ1v) is 11.9. The fourth-order valence-corrected chi connectivity index (χ4v) is 4.87. The fourth-order valence-electron chi connectivity index (χ4n) is 4.33. The first-order valence-electron chi connectivity index (χ1n) is 11.1. The highest BCUT2D eigenvalue weighted by atomic mass is 32.2. The Kier molecular flexibility index (Phi) is 7.37. The molecule has 0 bridgehead atoms. The van der Waals surface area contributed by atoms with Gasteiger partial charge in [-0.15, -0.1) is 0 Å². The number of hydrogen-bond acceptors (Lipinski definition) is 7. The van der Waals surface area contributed by atoms with Gasteiger partial charge in [0.15, 0.2) is 6.29 Å². The number of alkyl halides is 3. The van der Waals surface area contributed by atoms with Crippen LogP contribution in [0.25, 0.3) is 0 Å². The number of pyridine rings is 1. The zero-order valence-electron chi connectivity index (χ0n) is 19.6. The van der Waals surface area contributed by atoms with E-state index in [1.54, 1.807) is 11.1 Å². The van der Waals surface area contributed by atoms with Gasteiger partial charge in [-0.1, -0.05) is 18.2 Å². The molecule has 1 unspecified atom stereocenters. The number of thioether (sulfide) groups is 1. The lowest BCUT2D eigenvalue weighted by molar-refractivity contribution is -0.131. The monoisotopic (exact) mass is 515 g/mol. The number of benzene rings is 2. The Labute approximate surface area is 211 Å². The number of rotatable bonds is 8.